The fourth-order valence-corrected chi connectivity index (χ4v) is 7.54. The summed E-state index contributed by atoms with van der Waals surface area (Å²) in [5.74, 6) is 2.88. The zero-order valence-electron chi connectivity index (χ0n) is 15.6. The van der Waals surface area contributed by atoms with E-state index in [0.29, 0.717) is 24.3 Å². The standard InChI is InChI=1S/C10H20N6O4S6.2Na/c11-15-13-9(7-25(17)18)1-3-21-23-5-6-24-22-4-2-10(14-16-12)8-26(19)20;;/h9-10H,1-8H2,(H,17,18)(H,19,20);;/q;2*+1/p-2/t9-,10-;;/m1../s1. The van der Waals surface area contributed by atoms with Gasteiger partial charge >= 0.3 is 59.1 Å². The Morgan fingerprint density at radius 2 is 1.07 bits per heavy atom. The normalized spacial score (nSPS) is 14.2. The van der Waals surface area contributed by atoms with E-state index in [1.165, 1.54) is 0 Å². The molecule has 0 spiro atoms. The first-order valence-corrected chi connectivity index (χ1v) is 14.6. The van der Waals surface area contributed by atoms with Crippen LogP contribution in [0.2, 0.25) is 0 Å². The molecule has 0 aromatic rings. The van der Waals surface area contributed by atoms with Crippen LogP contribution in [0.15, 0.2) is 10.2 Å². The van der Waals surface area contributed by atoms with Gasteiger partial charge in [-0.3, -0.25) is 8.42 Å². The average Bonchev–Trinajstić information content (AvgIpc) is 2.55. The predicted octanol–water partition coefficient (Wildman–Crippen LogP) is -2.35. The van der Waals surface area contributed by atoms with E-state index >= 15 is 0 Å². The summed E-state index contributed by atoms with van der Waals surface area (Å²) in [5.41, 5.74) is 16.8. The van der Waals surface area contributed by atoms with Crippen molar-refractivity contribution < 1.29 is 76.6 Å². The van der Waals surface area contributed by atoms with Gasteiger partial charge in [0.2, 0.25) is 0 Å². The Morgan fingerprint density at radius 3 is 1.36 bits per heavy atom. The van der Waals surface area contributed by atoms with Crippen LogP contribution in [0.3, 0.4) is 0 Å². The van der Waals surface area contributed by atoms with Crippen molar-refractivity contribution >= 4 is 65.3 Å². The third kappa shape index (κ3) is 24.5. The molecular formula is C10H18N6Na2O4S6. The molecule has 28 heavy (non-hydrogen) atoms. The van der Waals surface area contributed by atoms with E-state index in [2.05, 4.69) is 20.1 Å². The maximum absolute atomic E-state index is 10.6. The second-order valence-corrected chi connectivity index (χ2v) is 11.8. The van der Waals surface area contributed by atoms with Crippen molar-refractivity contribution in [3.8, 4) is 0 Å². The minimum absolute atomic E-state index is 0. The fourth-order valence-electron chi connectivity index (χ4n) is 1.48. The van der Waals surface area contributed by atoms with Gasteiger partial charge in [0.05, 0.1) is 0 Å². The van der Waals surface area contributed by atoms with Crippen LogP contribution in [0, 0.1) is 0 Å². The molecule has 18 heteroatoms. The number of azide groups is 2. The molecule has 0 aromatic heterocycles. The van der Waals surface area contributed by atoms with Crippen LogP contribution < -0.4 is 59.1 Å². The largest absolute Gasteiger partial charge is 1.00 e. The van der Waals surface area contributed by atoms with Crippen molar-refractivity contribution in [3.63, 3.8) is 0 Å². The second kappa shape index (κ2) is 25.5. The molecule has 0 aliphatic carbocycles. The summed E-state index contributed by atoms with van der Waals surface area (Å²) in [6.07, 6.45) is 1.03. The molecule has 0 radical (unpaired) electrons. The van der Waals surface area contributed by atoms with Crippen LogP contribution in [0.25, 0.3) is 20.9 Å². The quantitative estimate of drug-likeness (QED) is 0.0386. The van der Waals surface area contributed by atoms with Crippen molar-refractivity contribution in [2.24, 2.45) is 10.2 Å². The zero-order chi connectivity index (χ0) is 19.6. The Labute approximate surface area is 229 Å². The van der Waals surface area contributed by atoms with Crippen molar-refractivity contribution in [1.82, 2.24) is 0 Å². The van der Waals surface area contributed by atoms with E-state index in [-0.39, 0.29) is 70.6 Å². The van der Waals surface area contributed by atoms with Crippen LogP contribution in [0.4, 0.5) is 0 Å². The SMILES string of the molecule is [N-]=[N+]=N[C@H](CCSSCCSSCC[C@H](CS(=O)[O-])N=[N+]=[N-])CS(=O)[O-].[Na+].[Na+]. The van der Waals surface area contributed by atoms with Crippen molar-refractivity contribution in [1.29, 1.82) is 0 Å². The zero-order valence-corrected chi connectivity index (χ0v) is 24.5. The summed E-state index contributed by atoms with van der Waals surface area (Å²) in [5, 5.41) is 6.93. The summed E-state index contributed by atoms with van der Waals surface area (Å²) in [4.78, 5) is 5.31. The van der Waals surface area contributed by atoms with E-state index in [1.807, 2.05) is 0 Å². The summed E-state index contributed by atoms with van der Waals surface area (Å²) in [7, 11) is 6.52. The number of hydrogen-bond acceptors (Lipinski definition) is 10. The maximum Gasteiger partial charge on any atom is 1.00 e. The third-order valence-electron chi connectivity index (χ3n) is 2.57. The van der Waals surface area contributed by atoms with E-state index < -0.39 is 34.2 Å². The molecule has 2 unspecified atom stereocenters. The molecule has 10 nitrogen and oxygen atoms in total. The Bertz CT molecular complexity index is 495. The molecule has 150 valence electrons. The Hall–Kier alpha value is 2.24. The van der Waals surface area contributed by atoms with Crippen LogP contribution in [0.1, 0.15) is 12.8 Å². The molecule has 4 atom stereocenters. The topological polar surface area (TPSA) is 178 Å². The maximum atomic E-state index is 10.6. The van der Waals surface area contributed by atoms with Gasteiger partial charge in [-0.15, -0.1) is 0 Å². The van der Waals surface area contributed by atoms with E-state index in [1.54, 1.807) is 43.2 Å². The molecule has 0 rings (SSSR count). The Balaban J connectivity index is -0.00000312. The number of rotatable bonds is 17. The predicted molar refractivity (Wildman–Crippen MR) is 113 cm³/mol. The van der Waals surface area contributed by atoms with E-state index in [4.69, 9.17) is 11.1 Å². The molecule has 0 heterocycles. The van der Waals surface area contributed by atoms with Crippen LogP contribution in [-0.2, 0) is 22.2 Å². The minimum Gasteiger partial charge on any atom is -0.772 e. The average molecular weight is 525 g/mol. The first-order valence-electron chi connectivity index (χ1n) is 7.18. The number of hydrogen-bond donors (Lipinski definition) is 0. The summed E-state index contributed by atoms with van der Waals surface area (Å²) < 4.78 is 42.5. The van der Waals surface area contributed by atoms with Gasteiger partial charge in [-0.25, -0.2) is 0 Å². The van der Waals surface area contributed by atoms with Gasteiger partial charge in [-0.05, 0) is 23.9 Å². The molecular weight excluding hydrogens is 507 g/mol. The Morgan fingerprint density at radius 1 is 0.750 bits per heavy atom. The smallest absolute Gasteiger partial charge is 0.772 e. The molecule has 0 fully saturated rings. The first kappa shape index (κ1) is 34.8. The first-order chi connectivity index (χ1) is 12.5. The third-order valence-corrected chi connectivity index (χ3v) is 9.02. The van der Waals surface area contributed by atoms with Gasteiger partial charge in [0.15, 0.2) is 0 Å². The molecule has 0 saturated carbocycles. The van der Waals surface area contributed by atoms with Crippen LogP contribution in [-0.4, -0.2) is 64.1 Å². The molecule has 0 amide bonds. The van der Waals surface area contributed by atoms with Gasteiger partial charge in [0.1, 0.15) is 0 Å². The van der Waals surface area contributed by atoms with Gasteiger partial charge in [0, 0.05) is 56.4 Å². The van der Waals surface area contributed by atoms with Gasteiger partial charge in [0.25, 0.3) is 0 Å². The number of nitrogens with zero attached hydrogens (tertiary/aromatic N) is 6. The van der Waals surface area contributed by atoms with Crippen LogP contribution >= 0.6 is 43.2 Å². The second-order valence-electron chi connectivity index (χ2n) is 4.52. The van der Waals surface area contributed by atoms with E-state index in [0.717, 1.165) is 11.5 Å². The van der Waals surface area contributed by atoms with Crippen LogP contribution in [0.5, 0.6) is 0 Å². The van der Waals surface area contributed by atoms with Gasteiger partial charge in [-0.1, -0.05) is 75.6 Å². The molecule has 0 bridgehead atoms. The summed E-state index contributed by atoms with van der Waals surface area (Å²) >= 11 is -4.43. The van der Waals surface area contributed by atoms with Gasteiger partial charge < -0.3 is 9.11 Å². The Kier molecular flexibility index (Phi) is 31.7. The molecule has 0 saturated heterocycles. The van der Waals surface area contributed by atoms with E-state index in [9.17, 15) is 17.5 Å². The summed E-state index contributed by atoms with van der Waals surface area (Å²) in [6.45, 7) is 0. The molecule has 0 N–H and O–H groups in total. The monoisotopic (exact) mass is 524 g/mol. The molecule has 0 aliphatic rings. The molecule has 0 aromatic carbocycles. The van der Waals surface area contributed by atoms with Crippen molar-refractivity contribution in [2.75, 3.05) is 34.5 Å². The minimum atomic E-state index is -2.22. The van der Waals surface area contributed by atoms with Crippen molar-refractivity contribution in [3.05, 3.63) is 20.9 Å². The fraction of sp³-hybridized carbons (Fsp3) is 1.00. The van der Waals surface area contributed by atoms with Gasteiger partial charge in [-0.2, -0.15) is 0 Å². The van der Waals surface area contributed by atoms with Crippen molar-refractivity contribution in [2.45, 2.75) is 24.9 Å². The molecule has 0 aliphatic heterocycles. The summed E-state index contributed by atoms with van der Waals surface area (Å²) in [6, 6.07) is -1.05.